The first-order valence-corrected chi connectivity index (χ1v) is 9.30. The Balaban J connectivity index is 1.79. The molecule has 1 saturated carbocycles. The number of benzene rings is 1. The van der Waals surface area contributed by atoms with Crippen molar-refractivity contribution in [2.24, 2.45) is 0 Å². The second kappa shape index (κ2) is 8.81. The molecule has 0 aliphatic heterocycles. The fourth-order valence-electron chi connectivity index (χ4n) is 3.19. The Kier molecular flexibility index (Phi) is 6.23. The molecule has 1 aromatic heterocycles. The fourth-order valence-corrected chi connectivity index (χ4v) is 3.19. The van der Waals surface area contributed by atoms with Crippen LogP contribution in [0.4, 0.5) is 11.6 Å². The number of aromatic nitrogens is 2. The van der Waals surface area contributed by atoms with Gasteiger partial charge in [0.2, 0.25) is 0 Å². The molecule has 2 N–H and O–H groups in total. The smallest absolute Gasteiger partial charge is 0.163 e. The molecule has 5 nitrogen and oxygen atoms in total. The first-order chi connectivity index (χ1) is 12.2. The topological polar surface area (TPSA) is 53.1 Å². The van der Waals surface area contributed by atoms with Crippen molar-refractivity contribution in [1.82, 2.24) is 14.9 Å². The quantitative estimate of drug-likeness (QED) is 0.802. The van der Waals surface area contributed by atoms with Crippen LogP contribution in [-0.2, 0) is 0 Å². The van der Waals surface area contributed by atoms with E-state index in [2.05, 4.69) is 41.8 Å². The molecule has 134 valence electrons. The lowest BCUT2D eigenvalue weighted by Crippen LogP contribution is -2.24. The molecule has 1 fully saturated rings. The van der Waals surface area contributed by atoms with E-state index in [0.717, 1.165) is 36.1 Å². The zero-order valence-electron chi connectivity index (χ0n) is 15.3. The highest BCUT2D eigenvalue weighted by atomic mass is 15.1. The number of likely N-dealkylation sites (N-methyl/N-ethyl adjacent to an activating group) is 1. The number of nitrogens with zero attached hydrogens (tertiary/aromatic N) is 3. The molecule has 5 heteroatoms. The third kappa shape index (κ3) is 5.43. The molecule has 0 atom stereocenters. The lowest BCUT2D eigenvalue weighted by Gasteiger charge is -2.23. The van der Waals surface area contributed by atoms with E-state index >= 15 is 0 Å². The van der Waals surface area contributed by atoms with Gasteiger partial charge in [0.15, 0.2) is 5.82 Å². The van der Waals surface area contributed by atoms with Crippen LogP contribution in [0.5, 0.6) is 0 Å². The Morgan fingerprint density at radius 1 is 1.00 bits per heavy atom. The Bertz CT molecular complexity index is 650. The van der Waals surface area contributed by atoms with Gasteiger partial charge in [-0.25, -0.2) is 9.97 Å². The van der Waals surface area contributed by atoms with E-state index in [1.807, 2.05) is 24.3 Å². The van der Waals surface area contributed by atoms with Crippen LogP contribution in [0.15, 0.2) is 36.4 Å². The summed E-state index contributed by atoms with van der Waals surface area (Å²) in [6, 6.07) is 12.8. The summed E-state index contributed by atoms with van der Waals surface area (Å²) in [5, 5.41) is 7.06. The number of hydrogen-bond donors (Lipinski definition) is 2. The summed E-state index contributed by atoms with van der Waals surface area (Å²) in [7, 11) is 4.15. The molecule has 1 aromatic carbocycles. The summed E-state index contributed by atoms with van der Waals surface area (Å²) in [5.41, 5.74) is 1.05. The van der Waals surface area contributed by atoms with Crippen molar-refractivity contribution in [2.45, 2.75) is 38.1 Å². The fraction of sp³-hybridized carbons (Fsp3) is 0.500. The Morgan fingerprint density at radius 3 is 2.44 bits per heavy atom. The van der Waals surface area contributed by atoms with Crippen LogP contribution in [0.3, 0.4) is 0 Å². The van der Waals surface area contributed by atoms with Crippen LogP contribution in [0.1, 0.15) is 32.1 Å². The minimum Gasteiger partial charge on any atom is -0.369 e. The number of rotatable bonds is 7. The standard InChI is InChI=1S/C20H29N5/c1-25(2)14-13-21-18-15-19(22-17-11-7-4-8-12-17)24-20(23-18)16-9-5-3-6-10-16/h3,5-6,9-10,15,17H,4,7-8,11-14H2,1-2H3,(H2,21,22,23,24). The summed E-state index contributed by atoms with van der Waals surface area (Å²) in [5.74, 6) is 2.58. The first-order valence-electron chi connectivity index (χ1n) is 9.30. The zero-order chi connectivity index (χ0) is 17.5. The van der Waals surface area contributed by atoms with Crippen LogP contribution < -0.4 is 10.6 Å². The van der Waals surface area contributed by atoms with E-state index < -0.39 is 0 Å². The van der Waals surface area contributed by atoms with E-state index in [0.29, 0.717) is 6.04 Å². The summed E-state index contributed by atoms with van der Waals surface area (Å²) < 4.78 is 0. The monoisotopic (exact) mass is 339 g/mol. The predicted octanol–water partition coefficient (Wildman–Crippen LogP) is 3.86. The van der Waals surface area contributed by atoms with Crippen molar-refractivity contribution in [3.8, 4) is 11.4 Å². The van der Waals surface area contributed by atoms with Crippen LogP contribution in [0.25, 0.3) is 11.4 Å². The molecule has 0 saturated heterocycles. The SMILES string of the molecule is CN(C)CCNc1cc(NC2CCCCC2)nc(-c2ccccc2)n1. The highest BCUT2D eigenvalue weighted by Crippen LogP contribution is 2.24. The minimum atomic E-state index is 0.530. The number of hydrogen-bond acceptors (Lipinski definition) is 5. The minimum absolute atomic E-state index is 0.530. The highest BCUT2D eigenvalue weighted by Gasteiger charge is 2.15. The normalized spacial score (nSPS) is 15.3. The molecule has 0 spiro atoms. The number of anilines is 2. The van der Waals surface area contributed by atoms with Crippen LogP contribution in [0, 0.1) is 0 Å². The molecule has 3 rings (SSSR count). The molecule has 0 bridgehead atoms. The molecule has 1 heterocycles. The van der Waals surface area contributed by atoms with Gasteiger partial charge in [-0.1, -0.05) is 49.6 Å². The van der Waals surface area contributed by atoms with Crippen molar-refractivity contribution in [3.05, 3.63) is 36.4 Å². The Labute approximate surface area is 150 Å². The summed E-state index contributed by atoms with van der Waals surface area (Å²) in [6.45, 7) is 1.83. The van der Waals surface area contributed by atoms with Gasteiger partial charge in [-0.15, -0.1) is 0 Å². The van der Waals surface area contributed by atoms with E-state index in [-0.39, 0.29) is 0 Å². The van der Waals surface area contributed by atoms with Gasteiger partial charge >= 0.3 is 0 Å². The van der Waals surface area contributed by atoms with Crippen LogP contribution >= 0.6 is 0 Å². The second-order valence-corrected chi connectivity index (χ2v) is 7.04. The van der Waals surface area contributed by atoms with Crippen molar-refractivity contribution < 1.29 is 0 Å². The molecule has 0 radical (unpaired) electrons. The second-order valence-electron chi connectivity index (χ2n) is 7.04. The third-order valence-electron chi connectivity index (χ3n) is 4.58. The molecule has 25 heavy (non-hydrogen) atoms. The maximum atomic E-state index is 4.77. The summed E-state index contributed by atoms with van der Waals surface area (Å²) in [6.07, 6.45) is 6.43. The van der Waals surface area contributed by atoms with Crippen molar-refractivity contribution in [3.63, 3.8) is 0 Å². The lowest BCUT2D eigenvalue weighted by atomic mass is 9.95. The van der Waals surface area contributed by atoms with E-state index in [9.17, 15) is 0 Å². The van der Waals surface area contributed by atoms with Gasteiger partial charge in [-0.05, 0) is 26.9 Å². The average molecular weight is 339 g/mol. The van der Waals surface area contributed by atoms with E-state index in [1.165, 1.54) is 32.1 Å². The van der Waals surface area contributed by atoms with Gasteiger partial charge in [0.05, 0.1) is 0 Å². The van der Waals surface area contributed by atoms with Crippen LogP contribution in [-0.4, -0.2) is 48.1 Å². The van der Waals surface area contributed by atoms with E-state index in [1.54, 1.807) is 0 Å². The molecular weight excluding hydrogens is 310 g/mol. The van der Waals surface area contributed by atoms with Gasteiger partial charge in [0.25, 0.3) is 0 Å². The van der Waals surface area contributed by atoms with Gasteiger partial charge in [0, 0.05) is 30.8 Å². The molecule has 2 aromatic rings. The molecule has 0 unspecified atom stereocenters. The number of nitrogens with one attached hydrogen (secondary N) is 2. The molecule has 1 aliphatic carbocycles. The van der Waals surface area contributed by atoms with Gasteiger partial charge in [-0.3, -0.25) is 0 Å². The van der Waals surface area contributed by atoms with Crippen molar-refractivity contribution in [1.29, 1.82) is 0 Å². The average Bonchev–Trinajstić information content (AvgIpc) is 2.63. The predicted molar refractivity (Wildman–Crippen MR) is 105 cm³/mol. The van der Waals surface area contributed by atoms with E-state index in [4.69, 9.17) is 9.97 Å². The lowest BCUT2D eigenvalue weighted by molar-refractivity contribution is 0.425. The highest BCUT2D eigenvalue weighted by molar-refractivity contribution is 5.61. The summed E-state index contributed by atoms with van der Waals surface area (Å²) >= 11 is 0. The van der Waals surface area contributed by atoms with Gasteiger partial charge in [0.1, 0.15) is 11.6 Å². The summed E-state index contributed by atoms with van der Waals surface area (Å²) in [4.78, 5) is 11.6. The largest absolute Gasteiger partial charge is 0.369 e. The maximum Gasteiger partial charge on any atom is 0.163 e. The van der Waals surface area contributed by atoms with Gasteiger partial charge < -0.3 is 15.5 Å². The van der Waals surface area contributed by atoms with Gasteiger partial charge in [-0.2, -0.15) is 0 Å². The van der Waals surface area contributed by atoms with Crippen molar-refractivity contribution >= 4 is 11.6 Å². The Hall–Kier alpha value is -2.14. The Morgan fingerprint density at radius 2 is 1.72 bits per heavy atom. The zero-order valence-corrected chi connectivity index (χ0v) is 15.3. The molecular formula is C20H29N5. The maximum absolute atomic E-state index is 4.77. The molecule has 0 amide bonds. The van der Waals surface area contributed by atoms with Crippen LogP contribution in [0.2, 0.25) is 0 Å². The molecule has 1 aliphatic rings. The van der Waals surface area contributed by atoms with Crippen molar-refractivity contribution in [2.75, 3.05) is 37.8 Å². The first kappa shape index (κ1) is 17.7. The third-order valence-corrected chi connectivity index (χ3v) is 4.58.